The van der Waals surface area contributed by atoms with Crippen LogP contribution >= 0.6 is 12.2 Å². The van der Waals surface area contributed by atoms with Gasteiger partial charge >= 0.3 is 0 Å². The molecule has 1 aromatic rings. The summed E-state index contributed by atoms with van der Waals surface area (Å²) in [4.78, 5) is 0.393. The van der Waals surface area contributed by atoms with Crippen molar-refractivity contribution in [3.05, 3.63) is 29.8 Å². The third kappa shape index (κ3) is 4.97. The third-order valence-electron chi connectivity index (χ3n) is 4.17. The number of rotatable bonds is 7. The van der Waals surface area contributed by atoms with Gasteiger partial charge in [0, 0.05) is 5.56 Å². The van der Waals surface area contributed by atoms with Gasteiger partial charge in [-0.2, -0.15) is 0 Å². The van der Waals surface area contributed by atoms with Gasteiger partial charge in [0.15, 0.2) is 0 Å². The zero-order chi connectivity index (χ0) is 15.1. The number of benzene rings is 1. The van der Waals surface area contributed by atoms with Crippen LogP contribution in [0.2, 0.25) is 0 Å². The van der Waals surface area contributed by atoms with Gasteiger partial charge in [0.05, 0.1) is 12.7 Å². The van der Waals surface area contributed by atoms with Gasteiger partial charge in [-0.3, -0.25) is 0 Å². The fraction of sp³-hybridized carbons (Fsp3) is 0.588. The Morgan fingerprint density at radius 2 is 2.10 bits per heavy atom. The molecular weight excluding hydrogens is 282 g/mol. The Kier molecular flexibility index (Phi) is 6.46. The van der Waals surface area contributed by atoms with E-state index in [1.54, 1.807) is 0 Å². The van der Waals surface area contributed by atoms with E-state index in [9.17, 15) is 0 Å². The van der Waals surface area contributed by atoms with E-state index in [0.717, 1.165) is 17.2 Å². The standard InChI is InChI=1S/C17H25NO2S/c1-2-13-6-3-4-9-16(13)20-11-10-19-15-8-5-7-14(12-15)17(18)21/h5,7-8,12-13,16H,2-4,6,9-11H2,1H3,(H2,18,21). The van der Waals surface area contributed by atoms with Crippen molar-refractivity contribution < 1.29 is 9.47 Å². The zero-order valence-corrected chi connectivity index (χ0v) is 13.5. The molecule has 1 aromatic carbocycles. The SMILES string of the molecule is CCC1CCCCC1OCCOc1cccc(C(N)=S)c1. The van der Waals surface area contributed by atoms with E-state index in [0.29, 0.717) is 24.3 Å². The number of hydrogen-bond donors (Lipinski definition) is 1. The second-order valence-electron chi connectivity index (χ2n) is 5.60. The van der Waals surface area contributed by atoms with Crippen molar-refractivity contribution in [2.45, 2.75) is 45.1 Å². The highest BCUT2D eigenvalue weighted by Crippen LogP contribution is 2.29. The predicted molar refractivity (Wildman–Crippen MR) is 89.8 cm³/mol. The Morgan fingerprint density at radius 1 is 1.29 bits per heavy atom. The molecule has 4 heteroatoms. The zero-order valence-electron chi connectivity index (χ0n) is 12.7. The average molecular weight is 307 g/mol. The van der Waals surface area contributed by atoms with Crippen molar-refractivity contribution in [2.24, 2.45) is 11.7 Å². The molecule has 0 amide bonds. The van der Waals surface area contributed by atoms with Gasteiger partial charge in [-0.25, -0.2) is 0 Å². The summed E-state index contributed by atoms with van der Waals surface area (Å²) in [5.74, 6) is 1.51. The molecule has 3 nitrogen and oxygen atoms in total. The van der Waals surface area contributed by atoms with Gasteiger partial charge in [0.2, 0.25) is 0 Å². The molecule has 0 saturated heterocycles. The molecule has 1 aliphatic carbocycles. The van der Waals surface area contributed by atoms with Crippen molar-refractivity contribution in [3.63, 3.8) is 0 Å². The lowest BCUT2D eigenvalue weighted by molar-refractivity contribution is -0.0228. The summed E-state index contributed by atoms with van der Waals surface area (Å²) in [7, 11) is 0. The van der Waals surface area contributed by atoms with Crippen LogP contribution in [0.5, 0.6) is 5.75 Å². The Morgan fingerprint density at radius 3 is 2.86 bits per heavy atom. The first kappa shape index (κ1) is 16.2. The number of thiocarbonyl (C=S) groups is 1. The minimum Gasteiger partial charge on any atom is -0.491 e. The van der Waals surface area contributed by atoms with Crippen LogP contribution in [-0.4, -0.2) is 24.3 Å². The molecule has 116 valence electrons. The minimum atomic E-state index is 0.393. The van der Waals surface area contributed by atoms with Crippen LogP contribution < -0.4 is 10.5 Å². The van der Waals surface area contributed by atoms with Gasteiger partial charge in [-0.05, 0) is 30.9 Å². The highest BCUT2D eigenvalue weighted by molar-refractivity contribution is 7.80. The van der Waals surface area contributed by atoms with Crippen molar-refractivity contribution in [1.29, 1.82) is 0 Å². The third-order valence-corrected chi connectivity index (χ3v) is 4.40. The van der Waals surface area contributed by atoms with E-state index < -0.39 is 0 Å². The lowest BCUT2D eigenvalue weighted by Crippen LogP contribution is -2.28. The van der Waals surface area contributed by atoms with Crippen LogP contribution in [0.25, 0.3) is 0 Å². The van der Waals surface area contributed by atoms with Gasteiger partial charge in [0.1, 0.15) is 17.3 Å². The van der Waals surface area contributed by atoms with Crippen LogP contribution in [0.15, 0.2) is 24.3 Å². The average Bonchev–Trinajstić information content (AvgIpc) is 2.52. The van der Waals surface area contributed by atoms with E-state index >= 15 is 0 Å². The highest BCUT2D eigenvalue weighted by Gasteiger charge is 2.23. The Labute approximate surface area is 132 Å². The fourth-order valence-corrected chi connectivity index (χ4v) is 3.09. The fourth-order valence-electron chi connectivity index (χ4n) is 2.96. The summed E-state index contributed by atoms with van der Waals surface area (Å²) >= 11 is 4.97. The maximum absolute atomic E-state index is 6.01. The molecule has 0 aromatic heterocycles. The van der Waals surface area contributed by atoms with E-state index in [2.05, 4.69) is 6.92 Å². The van der Waals surface area contributed by atoms with E-state index in [1.807, 2.05) is 24.3 Å². The molecule has 0 bridgehead atoms. The maximum Gasteiger partial charge on any atom is 0.120 e. The molecule has 2 atom stereocenters. The molecule has 2 rings (SSSR count). The molecule has 1 aliphatic rings. The van der Waals surface area contributed by atoms with Gasteiger partial charge in [-0.15, -0.1) is 0 Å². The molecule has 2 unspecified atom stereocenters. The predicted octanol–water partition coefficient (Wildman–Crippen LogP) is 3.69. The smallest absolute Gasteiger partial charge is 0.120 e. The molecule has 0 radical (unpaired) electrons. The molecule has 0 spiro atoms. The van der Waals surface area contributed by atoms with Crippen molar-refractivity contribution in [1.82, 2.24) is 0 Å². The van der Waals surface area contributed by atoms with Crippen LogP contribution in [-0.2, 0) is 4.74 Å². The summed E-state index contributed by atoms with van der Waals surface area (Å²) in [5.41, 5.74) is 6.45. The van der Waals surface area contributed by atoms with Crippen LogP contribution in [0.1, 0.15) is 44.6 Å². The van der Waals surface area contributed by atoms with Gasteiger partial charge in [0.25, 0.3) is 0 Å². The highest BCUT2D eigenvalue weighted by atomic mass is 32.1. The summed E-state index contributed by atoms with van der Waals surface area (Å²) in [6, 6.07) is 7.58. The molecule has 0 heterocycles. The number of nitrogens with two attached hydrogens (primary N) is 1. The summed E-state index contributed by atoms with van der Waals surface area (Å²) in [5, 5.41) is 0. The molecule has 2 N–H and O–H groups in total. The van der Waals surface area contributed by atoms with Crippen LogP contribution in [0, 0.1) is 5.92 Å². The van der Waals surface area contributed by atoms with E-state index in [1.165, 1.54) is 32.1 Å². The van der Waals surface area contributed by atoms with Gasteiger partial charge < -0.3 is 15.2 Å². The van der Waals surface area contributed by atoms with Crippen molar-refractivity contribution >= 4 is 17.2 Å². The quantitative estimate of drug-likeness (QED) is 0.616. The van der Waals surface area contributed by atoms with Gasteiger partial charge in [-0.1, -0.05) is 50.5 Å². The molecule has 1 saturated carbocycles. The Hall–Kier alpha value is -1.13. The number of hydrogen-bond acceptors (Lipinski definition) is 3. The maximum atomic E-state index is 6.01. The molecule has 0 aliphatic heterocycles. The summed E-state index contributed by atoms with van der Waals surface area (Å²) in [6.45, 7) is 3.45. The lowest BCUT2D eigenvalue weighted by atomic mass is 9.85. The van der Waals surface area contributed by atoms with Crippen molar-refractivity contribution in [3.8, 4) is 5.75 Å². The Bertz CT molecular complexity index is 464. The largest absolute Gasteiger partial charge is 0.491 e. The van der Waals surface area contributed by atoms with E-state index in [4.69, 9.17) is 27.4 Å². The monoisotopic (exact) mass is 307 g/mol. The second-order valence-corrected chi connectivity index (χ2v) is 6.04. The van der Waals surface area contributed by atoms with Crippen LogP contribution in [0.4, 0.5) is 0 Å². The normalized spacial score (nSPS) is 22.0. The molecule has 1 fully saturated rings. The number of ether oxygens (including phenoxy) is 2. The first-order valence-electron chi connectivity index (χ1n) is 7.85. The van der Waals surface area contributed by atoms with E-state index in [-0.39, 0.29) is 0 Å². The van der Waals surface area contributed by atoms with Crippen molar-refractivity contribution in [2.75, 3.05) is 13.2 Å². The van der Waals surface area contributed by atoms with Crippen LogP contribution in [0.3, 0.4) is 0 Å². The summed E-state index contributed by atoms with van der Waals surface area (Å²) < 4.78 is 11.7. The Balaban J connectivity index is 1.74. The second kappa shape index (κ2) is 8.35. The lowest BCUT2D eigenvalue weighted by Gasteiger charge is -2.30. The summed E-state index contributed by atoms with van der Waals surface area (Å²) in [6.07, 6.45) is 6.75. The molecule has 21 heavy (non-hydrogen) atoms. The first-order valence-corrected chi connectivity index (χ1v) is 8.25. The topological polar surface area (TPSA) is 44.5 Å². The minimum absolute atomic E-state index is 0.393. The molecular formula is C17H25NO2S. The first-order chi connectivity index (χ1) is 10.2.